The third-order valence-electron chi connectivity index (χ3n) is 5.07. The van der Waals surface area contributed by atoms with E-state index in [0.29, 0.717) is 6.04 Å². The van der Waals surface area contributed by atoms with Gasteiger partial charge in [0.1, 0.15) is 5.75 Å². The fourth-order valence-electron chi connectivity index (χ4n) is 3.91. The van der Waals surface area contributed by atoms with Crippen molar-refractivity contribution < 1.29 is 4.74 Å². The Hall–Kier alpha value is -1.22. The largest absolute Gasteiger partial charge is 0.495 e. The molecule has 2 aliphatic rings. The maximum absolute atomic E-state index is 5.56. The van der Waals surface area contributed by atoms with Gasteiger partial charge < -0.3 is 15.0 Å². The van der Waals surface area contributed by atoms with Crippen LogP contribution in [0.5, 0.6) is 5.75 Å². The molecule has 1 atom stereocenters. The molecule has 3 rings (SSSR count). The van der Waals surface area contributed by atoms with Crippen molar-refractivity contribution in [3.63, 3.8) is 0 Å². The van der Waals surface area contributed by atoms with Crippen molar-refractivity contribution in [2.75, 3.05) is 31.6 Å². The number of nitrogens with zero attached hydrogens (tertiary/aromatic N) is 1. The van der Waals surface area contributed by atoms with Crippen molar-refractivity contribution in [1.29, 1.82) is 0 Å². The van der Waals surface area contributed by atoms with Crippen LogP contribution < -0.4 is 15.0 Å². The Labute approximate surface area is 128 Å². The van der Waals surface area contributed by atoms with Gasteiger partial charge in [-0.2, -0.15) is 0 Å². The summed E-state index contributed by atoms with van der Waals surface area (Å²) in [5.74, 6) is 1.86. The number of ether oxygens (including phenoxy) is 1. The van der Waals surface area contributed by atoms with Crippen molar-refractivity contribution in [1.82, 2.24) is 5.32 Å². The predicted molar refractivity (Wildman–Crippen MR) is 88.2 cm³/mol. The number of benzene rings is 1. The molecular formula is C18H28N2O. The Bertz CT molecular complexity index is 443. The molecule has 0 amide bonds. The molecule has 21 heavy (non-hydrogen) atoms. The summed E-state index contributed by atoms with van der Waals surface area (Å²) >= 11 is 0. The number of hydrogen-bond acceptors (Lipinski definition) is 3. The number of para-hydroxylation sites is 2. The zero-order chi connectivity index (χ0) is 14.5. The zero-order valence-electron chi connectivity index (χ0n) is 13.2. The van der Waals surface area contributed by atoms with Gasteiger partial charge in [0.25, 0.3) is 0 Å². The molecule has 2 fully saturated rings. The summed E-state index contributed by atoms with van der Waals surface area (Å²) in [4.78, 5) is 2.53. The first-order valence-electron chi connectivity index (χ1n) is 8.50. The van der Waals surface area contributed by atoms with Crippen LogP contribution >= 0.6 is 0 Å². The summed E-state index contributed by atoms with van der Waals surface area (Å²) in [6.45, 7) is 3.38. The lowest BCUT2D eigenvalue weighted by molar-refractivity contribution is 0.277. The normalized spacial score (nSPS) is 24.6. The summed E-state index contributed by atoms with van der Waals surface area (Å²) in [5.41, 5.74) is 1.25. The van der Waals surface area contributed by atoms with E-state index >= 15 is 0 Å². The molecule has 1 unspecified atom stereocenters. The van der Waals surface area contributed by atoms with E-state index in [-0.39, 0.29) is 0 Å². The van der Waals surface area contributed by atoms with Gasteiger partial charge in [0.05, 0.1) is 12.8 Å². The molecule has 1 heterocycles. The second kappa shape index (κ2) is 7.17. The fraction of sp³-hybridized carbons (Fsp3) is 0.667. The summed E-state index contributed by atoms with van der Waals surface area (Å²) in [6.07, 6.45) is 8.27. The number of hydrogen-bond donors (Lipinski definition) is 1. The van der Waals surface area contributed by atoms with E-state index in [9.17, 15) is 0 Å². The lowest BCUT2D eigenvalue weighted by atomic mass is 9.83. The highest BCUT2D eigenvalue weighted by Crippen LogP contribution is 2.32. The van der Waals surface area contributed by atoms with Crippen molar-refractivity contribution in [2.45, 2.75) is 44.6 Å². The summed E-state index contributed by atoms with van der Waals surface area (Å²) < 4.78 is 5.56. The van der Waals surface area contributed by atoms with Crippen LogP contribution in [0.25, 0.3) is 0 Å². The minimum Gasteiger partial charge on any atom is -0.495 e. The highest BCUT2D eigenvalue weighted by atomic mass is 16.5. The van der Waals surface area contributed by atoms with E-state index in [2.05, 4.69) is 34.5 Å². The van der Waals surface area contributed by atoms with E-state index < -0.39 is 0 Å². The molecule has 0 bridgehead atoms. The van der Waals surface area contributed by atoms with Crippen LogP contribution in [0.2, 0.25) is 0 Å². The van der Waals surface area contributed by atoms with Gasteiger partial charge >= 0.3 is 0 Å². The number of nitrogens with one attached hydrogen (secondary N) is 1. The molecule has 1 saturated heterocycles. The van der Waals surface area contributed by atoms with Gasteiger partial charge in [0, 0.05) is 19.1 Å². The van der Waals surface area contributed by atoms with Crippen LogP contribution in [0.3, 0.4) is 0 Å². The molecule has 1 aliphatic carbocycles. The topological polar surface area (TPSA) is 24.5 Å². The lowest BCUT2D eigenvalue weighted by Gasteiger charge is -2.34. The maximum Gasteiger partial charge on any atom is 0.142 e. The van der Waals surface area contributed by atoms with E-state index in [1.807, 2.05) is 0 Å². The smallest absolute Gasteiger partial charge is 0.142 e. The van der Waals surface area contributed by atoms with Gasteiger partial charge in [-0.3, -0.25) is 0 Å². The van der Waals surface area contributed by atoms with E-state index in [0.717, 1.165) is 31.3 Å². The molecule has 3 nitrogen and oxygen atoms in total. The molecular weight excluding hydrogens is 260 g/mol. The first-order valence-corrected chi connectivity index (χ1v) is 8.50. The van der Waals surface area contributed by atoms with Crippen molar-refractivity contribution in [2.24, 2.45) is 5.92 Å². The van der Waals surface area contributed by atoms with Crippen molar-refractivity contribution in [3.05, 3.63) is 24.3 Å². The average molecular weight is 288 g/mol. The quantitative estimate of drug-likeness (QED) is 0.922. The summed E-state index contributed by atoms with van der Waals surface area (Å²) in [6, 6.07) is 9.08. The molecule has 1 aliphatic heterocycles. The van der Waals surface area contributed by atoms with Crippen LogP contribution in [-0.4, -0.2) is 32.8 Å². The van der Waals surface area contributed by atoms with E-state index in [1.165, 1.54) is 44.2 Å². The standard InChI is InChI=1S/C18H28N2O/c1-21-18-11-6-5-10-17(18)20-13-7-12-19-16(14-20)15-8-3-2-4-9-15/h5-6,10-11,15-16,19H,2-4,7-9,12-14H2,1H3. The van der Waals surface area contributed by atoms with Crippen LogP contribution in [0.15, 0.2) is 24.3 Å². The van der Waals surface area contributed by atoms with Gasteiger partial charge in [-0.25, -0.2) is 0 Å². The summed E-state index contributed by atoms with van der Waals surface area (Å²) in [7, 11) is 1.77. The number of methoxy groups -OCH3 is 1. The minimum atomic E-state index is 0.637. The predicted octanol–water partition coefficient (Wildman–Crippen LogP) is 3.44. The third kappa shape index (κ3) is 3.52. The van der Waals surface area contributed by atoms with Gasteiger partial charge in [-0.15, -0.1) is 0 Å². The van der Waals surface area contributed by atoms with Gasteiger partial charge in [-0.05, 0) is 43.9 Å². The Balaban J connectivity index is 1.75. The van der Waals surface area contributed by atoms with Gasteiger partial charge in [0.15, 0.2) is 0 Å². The second-order valence-corrected chi connectivity index (χ2v) is 6.43. The molecule has 0 aromatic heterocycles. The first kappa shape index (κ1) is 14.7. The second-order valence-electron chi connectivity index (χ2n) is 6.43. The Morgan fingerprint density at radius 3 is 2.71 bits per heavy atom. The average Bonchev–Trinajstić information content (AvgIpc) is 2.81. The molecule has 0 radical (unpaired) electrons. The molecule has 3 heteroatoms. The Morgan fingerprint density at radius 1 is 1.10 bits per heavy atom. The van der Waals surface area contributed by atoms with Crippen LogP contribution in [0, 0.1) is 5.92 Å². The minimum absolute atomic E-state index is 0.637. The first-order chi connectivity index (χ1) is 10.4. The monoisotopic (exact) mass is 288 g/mol. The number of rotatable bonds is 3. The lowest BCUT2D eigenvalue weighted by Crippen LogP contribution is -2.43. The zero-order valence-corrected chi connectivity index (χ0v) is 13.2. The maximum atomic E-state index is 5.56. The Kier molecular flexibility index (Phi) is 5.02. The molecule has 1 aromatic carbocycles. The van der Waals surface area contributed by atoms with E-state index in [4.69, 9.17) is 4.74 Å². The molecule has 116 valence electrons. The number of anilines is 1. The highest BCUT2D eigenvalue weighted by molar-refractivity contribution is 5.58. The van der Waals surface area contributed by atoms with Gasteiger partial charge in [0.2, 0.25) is 0 Å². The van der Waals surface area contributed by atoms with Crippen LogP contribution in [0.4, 0.5) is 5.69 Å². The molecule has 1 saturated carbocycles. The van der Waals surface area contributed by atoms with Crippen molar-refractivity contribution in [3.8, 4) is 5.75 Å². The summed E-state index contributed by atoms with van der Waals surface area (Å²) in [5, 5.41) is 3.81. The highest BCUT2D eigenvalue weighted by Gasteiger charge is 2.27. The molecule has 1 aromatic rings. The SMILES string of the molecule is COc1ccccc1N1CCCNC(C2CCCCC2)C1. The molecule has 0 spiro atoms. The van der Waals surface area contributed by atoms with Crippen LogP contribution in [0.1, 0.15) is 38.5 Å². The Morgan fingerprint density at radius 2 is 1.90 bits per heavy atom. The van der Waals surface area contributed by atoms with E-state index in [1.54, 1.807) is 7.11 Å². The molecule has 1 N–H and O–H groups in total. The third-order valence-corrected chi connectivity index (χ3v) is 5.07. The van der Waals surface area contributed by atoms with Crippen molar-refractivity contribution >= 4 is 5.69 Å². The fourth-order valence-corrected chi connectivity index (χ4v) is 3.91. The van der Waals surface area contributed by atoms with Crippen LogP contribution in [-0.2, 0) is 0 Å². The van der Waals surface area contributed by atoms with Gasteiger partial charge in [-0.1, -0.05) is 31.4 Å².